The molecule has 2 N–H and O–H groups in total. The first-order valence-electron chi connectivity index (χ1n) is 4.77. The Kier molecular flexibility index (Phi) is 1.45. The summed E-state index contributed by atoms with van der Waals surface area (Å²) in [6.45, 7) is 6.18. The summed E-state index contributed by atoms with van der Waals surface area (Å²) in [5, 5.41) is 19.7. The smallest absolute Gasteiger partial charge is 0.0910 e. The molecule has 3 saturated carbocycles. The highest BCUT2D eigenvalue weighted by Gasteiger charge is 2.62. The third-order valence-electron chi connectivity index (χ3n) is 4.36. The van der Waals surface area contributed by atoms with Gasteiger partial charge in [0, 0.05) is 0 Å². The first-order chi connectivity index (χ1) is 5.37. The minimum atomic E-state index is -0.849. The Labute approximate surface area is 73.6 Å². The molecule has 12 heavy (non-hydrogen) atoms. The second-order valence-corrected chi connectivity index (χ2v) is 5.28. The molecular weight excluding hydrogens is 152 g/mol. The molecule has 0 aromatic heterocycles. The predicted octanol–water partition coefficient (Wildman–Crippen LogP) is 1.16. The highest BCUT2D eigenvalue weighted by molar-refractivity contribution is 5.12. The molecule has 4 atom stereocenters. The Morgan fingerprint density at radius 3 is 2.08 bits per heavy atom. The standard InChI is InChI=1S/C10H18O2/c1-9(2)6-4-7(9)10(3,12)8(11)5-6/h6-8,11-12H,4-5H2,1-3H3/t6-,7?,8+,10-/m0/s1. The van der Waals surface area contributed by atoms with Crippen molar-refractivity contribution in [3.8, 4) is 0 Å². The highest BCUT2D eigenvalue weighted by Crippen LogP contribution is 2.62. The third-order valence-corrected chi connectivity index (χ3v) is 4.36. The largest absolute Gasteiger partial charge is 0.390 e. The van der Waals surface area contributed by atoms with Gasteiger partial charge in [-0.05, 0) is 37.0 Å². The van der Waals surface area contributed by atoms with Crippen molar-refractivity contribution >= 4 is 0 Å². The van der Waals surface area contributed by atoms with Gasteiger partial charge in [0.1, 0.15) is 0 Å². The van der Waals surface area contributed by atoms with E-state index < -0.39 is 11.7 Å². The average Bonchev–Trinajstić information content (AvgIpc) is 1.93. The molecule has 0 amide bonds. The number of hydrogen-bond donors (Lipinski definition) is 2. The number of hydrogen-bond acceptors (Lipinski definition) is 2. The zero-order chi connectivity index (χ0) is 9.15. The van der Waals surface area contributed by atoms with Gasteiger partial charge in [-0.1, -0.05) is 13.8 Å². The molecule has 0 aromatic carbocycles. The lowest BCUT2D eigenvalue weighted by Gasteiger charge is -2.64. The maximum absolute atomic E-state index is 10.0. The van der Waals surface area contributed by atoms with Crippen LogP contribution in [0.25, 0.3) is 0 Å². The van der Waals surface area contributed by atoms with Crippen LogP contribution in [0, 0.1) is 17.3 Å². The van der Waals surface area contributed by atoms with Crippen molar-refractivity contribution in [3.63, 3.8) is 0 Å². The predicted molar refractivity (Wildman–Crippen MR) is 46.6 cm³/mol. The summed E-state index contributed by atoms with van der Waals surface area (Å²) in [5.74, 6) is 0.913. The van der Waals surface area contributed by atoms with E-state index in [2.05, 4.69) is 13.8 Å². The van der Waals surface area contributed by atoms with Gasteiger partial charge in [0.25, 0.3) is 0 Å². The summed E-state index contributed by atoms with van der Waals surface area (Å²) in [6.07, 6.45) is 1.36. The molecule has 0 aromatic rings. The van der Waals surface area contributed by atoms with Gasteiger partial charge in [-0.3, -0.25) is 0 Å². The number of rotatable bonds is 0. The number of aliphatic hydroxyl groups excluding tert-OH is 1. The maximum Gasteiger partial charge on any atom is 0.0910 e. The second-order valence-electron chi connectivity index (χ2n) is 5.28. The van der Waals surface area contributed by atoms with Gasteiger partial charge < -0.3 is 10.2 Å². The monoisotopic (exact) mass is 170 g/mol. The van der Waals surface area contributed by atoms with E-state index in [1.165, 1.54) is 0 Å². The van der Waals surface area contributed by atoms with Gasteiger partial charge in [-0.15, -0.1) is 0 Å². The van der Waals surface area contributed by atoms with Crippen LogP contribution >= 0.6 is 0 Å². The first-order valence-corrected chi connectivity index (χ1v) is 4.77. The molecule has 0 saturated heterocycles. The van der Waals surface area contributed by atoms with Crippen molar-refractivity contribution in [1.29, 1.82) is 0 Å². The summed E-state index contributed by atoms with van der Waals surface area (Å²) in [6, 6.07) is 0. The average molecular weight is 170 g/mol. The molecule has 2 bridgehead atoms. The van der Waals surface area contributed by atoms with E-state index in [-0.39, 0.29) is 5.41 Å². The van der Waals surface area contributed by atoms with E-state index in [0.29, 0.717) is 11.8 Å². The van der Waals surface area contributed by atoms with Crippen molar-refractivity contribution < 1.29 is 10.2 Å². The molecule has 0 radical (unpaired) electrons. The van der Waals surface area contributed by atoms with Gasteiger partial charge in [0.05, 0.1) is 11.7 Å². The zero-order valence-electron chi connectivity index (χ0n) is 8.04. The van der Waals surface area contributed by atoms with E-state index in [9.17, 15) is 10.2 Å². The highest BCUT2D eigenvalue weighted by atomic mass is 16.3. The first kappa shape index (κ1) is 8.52. The molecular formula is C10H18O2. The van der Waals surface area contributed by atoms with Crippen LogP contribution in [-0.2, 0) is 0 Å². The van der Waals surface area contributed by atoms with Crippen LogP contribution in [0.5, 0.6) is 0 Å². The molecule has 3 rings (SSSR count). The Morgan fingerprint density at radius 1 is 1.17 bits per heavy atom. The van der Waals surface area contributed by atoms with Crippen LogP contribution in [-0.4, -0.2) is 21.9 Å². The van der Waals surface area contributed by atoms with E-state index in [0.717, 1.165) is 12.8 Å². The van der Waals surface area contributed by atoms with E-state index in [1.54, 1.807) is 6.92 Å². The third kappa shape index (κ3) is 0.775. The summed E-state index contributed by atoms with van der Waals surface area (Å²) >= 11 is 0. The molecule has 3 fully saturated rings. The molecule has 3 aliphatic rings. The Morgan fingerprint density at radius 2 is 1.75 bits per heavy atom. The van der Waals surface area contributed by atoms with Crippen LogP contribution in [0.4, 0.5) is 0 Å². The molecule has 2 heteroatoms. The molecule has 1 unspecified atom stereocenters. The molecule has 70 valence electrons. The van der Waals surface area contributed by atoms with Crippen LogP contribution in [0.2, 0.25) is 0 Å². The zero-order valence-corrected chi connectivity index (χ0v) is 8.04. The summed E-state index contributed by atoms with van der Waals surface area (Å²) in [5.41, 5.74) is -0.610. The van der Waals surface area contributed by atoms with Crippen LogP contribution < -0.4 is 0 Å². The van der Waals surface area contributed by atoms with Gasteiger partial charge in [0.2, 0.25) is 0 Å². The fourth-order valence-corrected chi connectivity index (χ4v) is 3.15. The van der Waals surface area contributed by atoms with Gasteiger partial charge in [0.15, 0.2) is 0 Å². The molecule has 0 heterocycles. The van der Waals surface area contributed by atoms with Crippen LogP contribution in [0.1, 0.15) is 33.6 Å². The summed E-state index contributed by atoms with van der Waals surface area (Å²) < 4.78 is 0. The van der Waals surface area contributed by atoms with Gasteiger partial charge in [-0.2, -0.15) is 0 Å². The second kappa shape index (κ2) is 2.05. The van der Waals surface area contributed by atoms with Crippen LogP contribution in [0.3, 0.4) is 0 Å². The lowest BCUT2D eigenvalue weighted by molar-refractivity contribution is -0.245. The molecule has 0 aliphatic heterocycles. The number of fused-ring (bicyclic) bond motifs is 2. The lowest BCUT2D eigenvalue weighted by Crippen LogP contribution is -2.66. The van der Waals surface area contributed by atoms with E-state index in [1.807, 2.05) is 0 Å². The van der Waals surface area contributed by atoms with Gasteiger partial charge >= 0.3 is 0 Å². The minimum Gasteiger partial charge on any atom is -0.390 e. The van der Waals surface area contributed by atoms with Gasteiger partial charge in [-0.25, -0.2) is 0 Å². The van der Waals surface area contributed by atoms with Crippen molar-refractivity contribution in [2.75, 3.05) is 0 Å². The Balaban J connectivity index is 2.27. The normalized spacial score (nSPS) is 56.2. The van der Waals surface area contributed by atoms with E-state index >= 15 is 0 Å². The molecule has 2 nitrogen and oxygen atoms in total. The van der Waals surface area contributed by atoms with Crippen molar-refractivity contribution in [2.45, 2.75) is 45.3 Å². The minimum absolute atomic E-state index is 0.239. The van der Waals surface area contributed by atoms with Crippen LogP contribution in [0.15, 0.2) is 0 Å². The fraction of sp³-hybridized carbons (Fsp3) is 1.00. The summed E-state index contributed by atoms with van der Waals surface area (Å²) in [4.78, 5) is 0. The summed E-state index contributed by atoms with van der Waals surface area (Å²) in [7, 11) is 0. The lowest BCUT2D eigenvalue weighted by atomic mass is 9.43. The SMILES string of the molecule is CC1(C)C2C[C@H]1C[C@@H](O)[C@@]2(C)O. The number of aliphatic hydroxyl groups is 2. The molecule has 3 aliphatic carbocycles. The van der Waals surface area contributed by atoms with Crippen molar-refractivity contribution in [3.05, 3.63) is 0 Å². The fourth-order valence-electron chi connectivity index (χ4n) is 3.15. The maximum atomic E-state index is 10.0. The van der Waals surface area contributed by atoms with Crippen molar-refractivity contribution in [1.82, 2.24) is 0 Å². The van der Waals surface area contributed by atoms with E-state index in [4.69, 9.17) is 0 Å². The Hall–Kier alpha value is -0.0800. The van der Waals surface area contributed by atoms with Crippen molar-refractivity contribution in [2.24, 2.45) is 17.3 Å². The quantitative estimate of drug-likeness (QED) is 0.573. The topological polar surface area (TPSA) is 40.5 Å². The molecule has 0 spiro atoms. The Bertz CT molecular complexity index is 208.